The van der Waals surface area contributed by atoms with Crippen LogP contribution in [0.3, 0.4) is 0 Å². The van der Waals surface area contributed by atoms with Crippen LogP contribution in [0, 0.1) is 35.2 Å². The average Bonchev–Trinajstić information content (AvgIpc) is 3.26. The van der Waals surface area contributed by atoms with Crippen LogP contribution < -0.4 is 0 Å². The van der Waals surface area contributed by atoms with Crippen LogP contribution in [0.15, 0.2) is 35.1 Å². The highest BCUT2D eigenvalue weighted by Crippen LogP contribution is 2.66. The van der Waals surface area contributed by atoms with Crippen molar-refractivity contribution < 1.29 is 13.2 Å². The zero-order chi connectivity index (χ0) is 27.6. The Morgan fingerprint density at radius 3 is 2.34 bits per heavy atom. The Morgan fingerprint density at radius 1 is 1.00 bits per heavy atom. The second-order valence-corrected chi connectivity index (χ2v) is 15.6. The van der Waals surface area contributed by atoms with Crippen LogP contribution >= 0.6 is 0 Å². The summed E-state index contributed by atoms with van der Waals surface area (Å²) < 4.78 is 33.1. The van der Waals surface area contributed by atoms with Crippen molar-refractivity contribution >= 4 is 9.84 Å². The lowest BCUT2D eigenvalue weighted by molar-refractivity contribution is -0.0132. The molecular formula is C33H51NO3S. The number of hydrogen-bond acceptors (Lipinski definition) is 3. The van der Waals surface area contributed by atoms with Crippen molar-refractivity contribution in [3.63, 3.8) is 0 Å². The average molecular weight is 542 g/mol. The smallest absolute Gasteiger partial charge is 0.348 e. The molecule has 0 amide bonds. The predicted octanol–water partition coefficient (Wildman–Crippen LogP) is 8.82. The molecule has 4 aliphatic carbocycles. The summed E-state index contributed by atoms with van der Waals surface area (Å²) in [5.41, 5.74) is 2.31. The largest absolute Gasteiger partial charge is 0.501 e. The first kappa shape index (κ1) is 29.4. The van der Waals surface area contributed by atoms with Crippen LogP contribution in [0.1, 0.15) is 118 Å². The number of nitrogens with zero attached hydrogens (tertiary/aromatic N) is 1. The van der Waals surface area contributed by atoms with E-state index in [9.17, 15) is 8.42 Å². The van der Waals surface area contributed by atoms with Gasteiger partial charge < -0.3 is 4.74 Å². The summed E-state index contributed by atoms with van der Waals surface area (Å²) in [6.07, 6.45) is 22.0. The molecule has 38 heavy (non-hydrogen) atoms. The maximum Gasteiger partial charge on any atom is 0.348 e. The van der Waals surface area contributed by atoms with Gasteiger partial charge in [-0.1, -0.05) is 77.9 Å². The van der Waals surface area contributed by atoms with Gasteiger partial charge in [-0.2, -0.15) is 0 Å². The topological polar surface area (TPSA) is 47.7 Å². The van der Waals surface area contributed by atoms with Gasteiger partial charge in [0.05, 0.1) is 18.6 Å². The molecule has 4 rings (SSSR count). The standard InChI is InChI=1S/C33H51NO3S/c1-7-8-9-10-11-12-13-14-23-38(35,36)33(4,34-5)30-18-17-28-27-16-15-25-24-26(37-6)19-21-31(25,2)29(27)20-22-32(28,30)3/h15,18,24,27-29H,7-14,16-17,19-23H2,1-4,6H3/t27-,28-,29-,31-,32-,33?/m0/s1. The van der Waals surface area contributed by atoms with Crippen LogP contribution in [0.5, 0.6) is 0 Å². The number of rotatable bonds is 12. The van der Waals surface area contributed by atoms with Crippen molar-refractivity contribution in [3.05, 3.63) is 46.6 Å². The molecule has 4 nitrogen and oxygen atoms in total. The van der Waals surface area contributed by atoms with Gasteiger partial charge in [0.15, 0.2) is 0 Å². The van der Waals surface area contributed by atoms with E-state index in [0.29, 0.717) is 24.2 Å². The molecule has 0 N–H and O–H groups in total. The number of sulfone groups is 1. The summed E-state index contributed by atoms with van der Waals surface area (Å²) >= 11 is 0. The molecule has 0 aromatic rings. The highest BCUT2D eigenvalue weighted by Gasteiger charge is 2.63. The Hall–Kier alpha value is -1.54. The van der Waals surface area contributed by atoms with Crippen molar-refractivity contribution in [3.8, 4) is 0 Å². The van der Waals surface area contributed by atoms with Gasteiger partial charge >= 0.3 is 4.87 Å². The Labute approximate surface area is 233 Å². The third kappa shape index (κ3) is 5.04. The summed E-state index contributed by atoms with van der Waals surface area (Å²) in [7, 11) is -1.80. The number of ether oxygens (including phenoxy) is 1. The minimum absolute atomic E-state index is 0.128. The Balaban J connectivity index is 1.46. The van der Waals surface area contributed by atoms with Gasteiger partial charge in [-0.05, 0) is 73.3 Å². The number of unbranched alkanes of at least 4 members (excludes halogenated alkanes) is 7. The predicted molar refractivity (Wildman–Crippen MR) is 157 cm³/mol. The first-order chi connectivity index (χ1) is 18.1. The lowest BCUT2D eigenvalue weighted by Gasteiger charge is -2.56. The second-order valence-electron chi connectivity index (χ2n) is 13.2. The minimum Gasteiger partial charge on any atom is -0.501 e. The van der Waals surface area contributed by atoms with Crippen LogP contribution in [0.2, 0.25) is 0 Å². The van der Waals surface area contributed by atoms with E-state index < -0.39 is 14.7 Å². The van der Waals surface area contributed by atoms with E-state index in [1.807, 2.05) is 0 Å². The zero-order valence-electron chi connectivity index (χ0n) is 24.7. The lowest BCUT2D eigenvalue weighted by atomic mass is 9.48. The molecule has 212 valence electrons. The van der Waals surface area contributed by atoms with Crippen molar-refractivity contribution in [1.29, 1.82) is 0 Å². The SMILES string of the molecule is [C-]#[N+]C(C)(C1=CC[C@H]2[C@@H]3CC=C4C=C(OC)CC[C@]4(C)[C@H]3CC[C@]12C)S(=O)(=O)CCCCCCCCCC. The molecule has 4 aliphatic rings. The lowest BCUT2D eigenvalue weighted by Crippen LogP contribution is -2.51. The molecule has 6 atom stereocenters. The molecule has 0 aliphatic heterocycles. The fraction of sp³-hybridized carbons (Fsp3) is 0.788. The quantitative estimate of drug-likeness (QED) is 0.141. The van der Waals surface area contributed by atoms with Gasteiger partial charge in [0.2, 0.25) is 9.84 Å². The van der Waals surface area contributed by atoms with E-state index in [2.05, 4.69) is 43.8 Å². The fourth-order valence-corrected chi connectivity index (χ4v) is 10.4. The molecule has 0 heterocycles. The summed E-state index contributed by atoms with van der Waals surface area (Å²) in [5.74, 6) is 2.78. The van der Waals surface area contributed by atoms with Crippen LogP contribution in [-0.2, 0) is 14.6 Å². The van der Waals surface area contributed by atoms with Gasteiger partial charge in [0.25, 0.3) is 0 Å². The first-order valence-electron chi connectivity index (χ1n) is 15.3. The molecule has 0 aromatic heterocycles. The number of fused-ring (bicyclic) bond motifs is 5. The molecule has 0 aromatic carbocycles. The van der Waals surface area contributed by atoms with E-state index in [1.54, 1.807) is 14.0 Å². The number of allylic oxidation sites excluding steroid dienone is 5. The van der Waals surface area contributed by atoms with Crippen LogP contribution in [0.25, 0.3) is 4.85 Å². The van der Waals surface area contributed by atoms with E-state index in [0.717, 1.165) is 62.7 Å². The van der Waals surface area contributed by atoms with Crippen molar-refractivity contribution in [2.24, 2.45) is 28.6 Å². The van der Waals surface area contributed by atoms with Gasteiger partial charge in [0.1, 0.15) is 0 Å². The van der Waals surface area contributed by atoms with Gasteiger partial charge in [-0.25, -0.2) is 15.0 Å². The molecule has 0 bridgehead atoms. The van der Waals surface area contributed by atoms with E-state index in [-0.39, 0.29) is 16.6 Å². The highest BCUT2D eigenvalue weighted by atomic mass is 32.2. The third-order valence-corrected chi connectivity index (χ3v) is 13.5. The molecule has 1 unspecified atom stereocenters. The minimum atomic E-state index is -3.57. The number of hydrogen-bond donors (Lipinski definition) is 0. The van der Waals surface area contributed by atoms with E-state index >= 15 is 0 Å². The van der Waals surface area contributed by atoms with Crippen LogP contribution in [-0.4, -0.2) is 26.2 Å². The van der Waals surface area contributed by atoms with Gasteiger partial charge in [-0.3, -0.25) is 4.85 Å². The third-order valence-electron chi connectivity index (χ3n) is 11.2. The second kappa shape index (κ2) is 11.5. The normalized spacial score (nSPS) is 34.0. The highest BCUT2D eigenvalue weighted by molar-refractivity contribution is 7.93. The van der Waals surface area contributed by atoms with Crippen molar-refractivity contribution in [1.82, 2.24) is 0 Å². The molecule has 1 fully saturated rings. The van der Waals surface area contributed by atoms with Gasteiger partial charge in [0, 0.05) is 24.3 Å². The molecule has 5 heteroatoms. The summed E-state index contributed by atoms with van der Waals surface area (Å²) in [4.78, 5) is 2.48. The van der Waals surface area contributed by atoms with E-state index in [4.69, 9.17) is 11.3 Å². The Morgan fingerprint density at radius 2 is 1.68 bits per heavy atom. The molecule has 0 radical (unpaired) electrons. The monoisotopic (exact) mass is 541 g/mol. The molecular weight excluding hydrogens is 490 g/mol. The molecule has 0 saturated heterocycles. The summed E-state index contributed by atoms with van der Waals surface area (Å²) in [5, 5.41) is 0. The molecule has 0 spiro atoms. The van der Waals surface area contributed by atoms with Gasteiger partial charge in [-0.15, -0.1) is 0 Å². The summed E-state index contributed by atoms with van der Waals surface area (Å²) in [6, 6.07) is 0. The molecule has 1 saturated carbocycles. The van der Waals surface area contributed by atoms with E-state index in [1.165, 1.54) is 37.7 Å². The van der Waals surface area contributed by atoms with Crippen LogP contribution in [0.4, 0.5) is 0 Å². The van der Waals surface area contributed by atoms with Crippen molar-refractivity contribution in [2.75, 3.05) is 12.9 Å². The zero-order valence-corrected chi connectivity index (χ0v) is 25.5. The number of methoxy groups -OCH3 is 1. The fourth-order valence-electron chi connectivity index (χ4n) is 8.67. The Kier molecular flexibility index (Phi) is 8.93. The maximum atomic E-state index is 13.8. The first-order valence-corrected chi connectivity index (χ1v) is 17.0. The maximum absolute atomic E-state index is 13.8. The van der Waals surface area contributed by atoms with Crippen molar-refractivity contribution in [2.45, 2.75) is 122 Å². The summed E-state index contributed by atoms with van der Waals surface area (Å²) in [6.45, 7) is 16.8. The Bertz CT molecular complexity index is 1110.